The predicted octanol–water partition coefficient (Wildman–Crippen LogP) is 0.453. The molecule has 0 fully saturated rings. The summed E-state index contributed by atoms with van der Waals surface area (Å²) in [4.78, 5) is 16.4. The van der Waals surface area contributed by atoms with Gasteiger partial charge in [0, 0.05) is 21.1 Å². The fourth-order valence-corrected chi connectivity index (χ4v) is 1.50. The minimum absolute atomic E-state index is 0.319. The number of hydrogen-bond donors (Lipinski definition) is 2. The number of furan rings is 1. The normalized spacial score (nSPS) is 10.3. The Kier molecular flexibility index (Phi) is 3.81. The molecule has 0 unspecified atom stereocenters. The van der Waals surface area contributed by atoms with Crippen LogP contribution in [0.1, 0.15) is 5.76 Å². The number of nitrogen functional groups attached to an aromatic ring is 1. The standard InChI is InChI=1S/C11H17N7O/c1-17(2)10-13-9(16-12)14-11(15-10)18(3)7-8-5-4-6-19-8/h4-6H,7,12H2,1-3H3,(H,13,14,15,16). The third kappa shape index (κ3) is 3.10. The quantitative estimate of drug-likeness (QED) is 0.593. The summed E-state index contributed by atoms with van der Waals surface area (Å²) >= 11 is 0. The van der Waals surface area contributed by atoms with E-state index in [-0.39, 0.29) is 0 Å². The van der Waals surface area contributed by atoms with Gasteiger partial charge in [0.15, 0.2) is 0 Å². The first kappa shape index (κ1) is 13.1. The Morgan fingerprint density at radius 2 is 1.95 bits per heavy atom. The van der Waals surface area contributed by atoms with Crippen LogP contribution in [0.3, 0.4) is 0 Å². The molecule has 2 rings (SSSR count). The molecule has 0 aromatic carbocycles. The van der Waals surface area contributed by atoms with Crippen molar-refractivity contribution in [1.82, 2.24) is 15.0 Å². The molecule has 8 nitrogen and oxygen atoms in total. The second-order valence-corrected chi connectivity index (χ2v) is 4.23. The average molecular weight is 263 g/mol. The van der Waals surface area contributed by atoms with Gasteiger partial charge in [-0.15, -0.1) is 0 Å². The zero-order valence-electron chi connectivity index (χ0n) is 11.2. The van der Waals surface area contributed by atoms with Crippen LogP contribution >= 0.6 is 0 Å². The molecule has 0 saturated carbocycles. The number of nitrogens with one attached hydrogen (secondary N) is 1. The monoisotopic (exact) mass is 263 g/mol. The van der Waals surface area contributed by atoms with Gasteiger partial charge in [-0.3, -0.25) is 5.43 Å². The largest absolute Gasteiger partial charge is 0.467 e. The summed E-state index contributed by atoms with van der Waals surface area (Å²) in [7, 11) is 5.58. The van der Waals surface area contributed by atoms with E-state index in [1.807, 2.05) is 38.2 Å². The highest BCUT2D eigenvalue weighted by atomic mass is 16.3. The van der Waals surface area contributed by atoms with Crippen molar-refractivity contribution < 1.29 is 4.42 Å². The Hall–Kier alpha value is -2.35. The molecule has 0 amide bonds. The molecule has 0 aliphatic heterocycles. The summed E-state index contributed by atoms with van der Waals surface area (Å²) in [5.41, 5.74) is 2.44. The van der Waals surface area contributed by atoms with Crippen molar-refractivity contribution in [3.63, 3.8) is 0 Å². The minimum Gasteiger partial charge on any atom is -0.467 e. The van der Waals surface area contributed by atoms with E-state index in [9.17, 15) is 0 Å². The minimum atomic E-state index is 0.319. The van der Waals surface area contributed by atoms with Crippen LogP contribution in [0.15, 0.2) is 22.8 Å². The Morgan fingerprint density at radius 3 is 2.53 bits per heavy atom. The number of aromatic nitrogens is 3. The average Bonchev–Trinajstić information content (AvgIpc) is 2.90. The van der Waals surface area contributed by atoms with Gasteiger partial charge in [-0.05, 0) is 12.1 Å². The lowest BCUT2D eigenvalue weighted by molar-refractivity contribution is 0.506. The van der Waals surface area contributed by atoms with Crippen molar-refractivity contribution in [2.45, 2.75) is 6.54 Å². The molecule has 0 aliphatic rings. The van der Waals surface area contributed by atoms with Gasteiger partial charge in [0.25, 0.3) is 0 Å². The maximum atomic E-state index is 5.37. The van der Waals surface area contributed by atoms with Crippen molar-refractivity contribution in [2.75, 3.05) is 36.4 Å². The van der Waals surface area contributed by atoms with Crippen LogP contribution in [-0.2, 0) is 6.54 Å². The smallest absolute Gasteiger partial charge is 0.243 e. The maximum absolute atomic E-state index is 5.37. The summed E-state index contributed by atoms with van der Waals surface area (Å²) in [5, 5.41) is 0. The van der Waals surface area contributed by atoms with Gasteiger partial charge in [0.2, 0.25) is 17.8 Å². The van der Waals surface area contributed by atoms with Crippen LogP contribution < -0.4 is 21.1 Å². The topological polar surface area (TPSA) is 96.3 Å². The molecule has 0 atom stereocenters. The highest BCUT2D eigenvalue weighted by molar-refractivity contribution is 5.43. The summed E-state index contributed by atoms with van der Waals surface area (Å²) in [6.07, 6.45) is 1.63. The lowest BCUT2D eigenvalue weighted by Crippen LogP contribution is -2.23. The van der Waals surface area contributed by atoms with E-state index in [0.717, 1.165) is 5.76 Å². The zero-order valence-corrected chi connectivity index (χ0v) is 11.2. The fraction of sp³-hybridized carbons (Fsp3) is 0.364. The van der Waals surface area contributed by atoms with Gasteiger partial charge in [-0.1, -0.05) is 0 Å². The molecule has 3 N–H and O–H groups in total. The molecule has 102 valence electrons. The molecule has 0 bridgehead atoms. The van der Waals surface area contributed by atoms with Crippen molar-refractivity contribution in [3.8, 4) is 0 Å². The summed E-state index contributed by atoms with van der Waals surface area (Å²) in [6.45, 7) is 0.563. The van der Waals surface area contributed by atoms with Crippen molar-refractivity contribution in [2.24, 2.45) is 5.84 Å². The van der Waals surface area contributed by atoms with Crippen LogP contribution in [0.25, 0.3) is 0 Å². The van der Waals surface area contributed by atoms with Gasteiger partial charge >= 0.3 is 0 Å². The second kappa shape index (κ2) is 5.53. The van der Waals surface area contributed by atoms with Crippen molar-refractivity contribution in [3.05, 3.63) is 24.2 Å². The summed E-state index contributed by atoms with van der Waals surface area (Å²) in [5.74, 6) is 7.56. The highest BCUT2D eigenvalue weighted by Crippen LogP contribution is 2.15. The molecular formula is C11H17N7O. The Morgan fingerprint density at radius 1 is 1.21 bits per heavy atom. The number of nitrogens with zero attached hydrogens (tertiary/aromatic N) is 5. The summed E-state index contributed by atoms with van der Waals surface area (Å²) < 4.78 is 5.30. The van der Waals surface area contributed by atoms with E-state index < -0.39 is 0 Å². The first-order valence-corrected chi connectivity index (χ1v) is 5.73. The highest BCUT2D eigenvalue weighted by Gasteiger charge is 2.12. The third-order valence-corrected chi connectivity index (χ3v) is 2.46. The van der Waals surface area contributed by atoms with Crippen molar-refractivity contribution >= 4 is 17.8 Å². The summed E-state index contributed by atoms with van der Waals surface area (Å²) in [6, 6.07) is 3.74. The second-order valence-electron chi connectivity index (χ2n) is 4.23. The van der Waals surface area contributed by atoms with E-state index in [0.29, 0.717) is 24.4 Å². The fourth-order valence-electron chi connectivity index (χ4n) is 1.50. The zero-order chi connectivity index (χ0) is 13.8. The van der Waals surface area contributed by atoms with Gasteiger partial charge in [0.1, 0.15) is 5.76 Å². The van der Waals surface area contributed by atoms with Crippen LogP contribution in [0.4, 0.5) is 17.8 Å². The van der Waals surface area contributed by atoms with Crippen molar-refractivity contribution in [1.29, 1.82) is 0 Å². The van der Waals surface area contributed by atoms with E-state index in [4.69, 9.17) is 10.3 Å². The van der Waals surface area contributed by atoms with Gasteiger partial charge in [-0.25, -0.2) is 5.84 Å². The molecule has 0 aliphatic carbocycles. The van der Waals surface area contributed by atoms with E-state index >= 15 is 0 Å². The van der Waals surface area contributed by atoms with Gasteiger partial charge < -0.3 is 14.2 Å². The molecule has 2 aromatic heterocycles. The first-order chi connectivity index (χ1) is 9.10. The van der Waals surface area contributed by atoms with E-state index in [2.05, 4.69) is 20.4 Å². The SMILES string of the molecule is CN(C)c1nc(NN)nc(N(C)Cc2ccco2)n1. The number of hydrogen-bond acceptors (Lipinski definition) is 8. The van der Waals surface area contributed by atoms with Crippen LogP contribution in [-0.4, -0.2) is 36.1 Å². The van der Waals surface area contributed by atoms with Crippen LogP contribution in [0.2, 0.25) is 0 Å². The number of hydrazine groups is 1. The Labute approximate surface area is 111 Å². The lowest BCUT2D eigenvalue weighted by atomic mass is 10.4. The lowest BCUT2D eigenvalue weighted by Gasteiger charge is -2.18. The van der Waals surface area contributed by atoms with Crippen LogP contribution in [0, 0.1) is 0 Å². The molecule has 2 heterocycles. The molecule has 8 heteroatoms. The molecule has 0 radical (unpaired) electrons. The number of anilines is 3. The molecule has 0 saturated heterocycles. The van der Waals surface area contributed by atoms with E-state index in [1.54, 1.807) is 11.2 Å². The van der Waals surface area contributed by atoms with Gasteiger partial charge in [-0.2, -0.15) is 15.0 Å². The number of nitrogens with two attached hydrogens (primary N) is 1. The molecule has 0 spiro atoms. The number of rotatable bonds is 5. The molecule has 2 aromatic rings. The molecular weight excluding hydrogens is 246 g/mol. The first-order valence-electron chi connectivity index (χ1n) is 5.73. The Bertz CT molecular complexity index is 526. The third-order valence-electron chi connectivity index (χ3n) is 2.46. The van der Waals surface area contributed by atoms with E-state index in [1.165, 1.54) is 0 Å². The maximum Gasteiger partial charge on any atom is 0.243 e. The van der Waals surface area contributed by atoms with Crippen LogP contribution in [0.5, 0.6) is 0 Å². The predicted molar refractivity (Wildman–Crippen MR) is 72.8 cm³/mol. The molecule has 19 heavy (non-hydrogen) atoms. The van der Waals surface area contributed by atoms with Gasteiger partial charge in [0.05, 0.1) is 12.8 Å². The Balaban J connectivity index is 2.24.